The summed E-state index contributed by atoms with van der Waals surface area (Å²) in [6, 6.07) is 7.43. The molecule has 1 aliphatic rings. The van der Waals surface area contributed by atoms with Gasteiger partial charge in [0.1, 0.15) is 0 Å². The van der Waals surface area contributed by atoms with Crippen molar-refractivity contribution in [3.63, 3.8) is 0 Å². The monoisotopic (exact) mass is 292 g/mol. The summed E-state index contributed by atoms with van der Waals surface area (Å²) in [5.41, 5.74) is 5.99. The van der Waals surface area contributed by atoms with Gasteiger partial charge in [-0.2, -0.15) is 0 Å². The number of methoxy groups -OCH3 is 1. The highest BCUT2D eigenvalue weighted by Crippen LogP contribution is 2.26. The number of piperidine rings is 1. The van der Waals surface area contributed by atoms with E-state index in [1.54, 1.807) is 13.2 Å². The third-order valence-electron chi connectivity index (χ3n) is 3.90. The van der Waals surface area contributed by atoms with Crippen molar-refractivity contribution in [2.24, 2.45) is 5.73 Å². The Labute approximate surface area is 126 Å². The van der Waals surface area contributed by atoms with E-state index in [0.717, 1.165) is 25.8 Å². The minimum absolute atomic E-state index is 0.0112. The molecule has 5 nitrogen and oxygen atoms in total. The van der Waals surface area contributed by atoms with Crippen molar-refractivity contribution in [3.8, 4) is 11.5 Å². The normalized spacial score (nSPS) is 20.0. The van der Waals surface area contributed by atoms with Crippen molar-refractivity contribution >= 4 is 5.91 Å². The Morgan fingerprint density at radius 2 is 2.10 bits per heavy atom. The zero-order chi connectivity index (χ0) is 15.2. The second kappa shape index (κ2) is 7.31. The fraction of sp³-hybridized carbons (Fsp3) is 0.562. The maximum absolute atomic E-state index is 12.4. The van der Waals surface area contributed by atoms with Gasteiger partial charge in [-0.05, 0) is 38.3 Å². The van der Waals surface area contributed by atoms with Crippen LogP contribution in [0.2, 0.25) is 0 Å². The molecule has 2 N–H and O–H groups in total. The molecule has 1 aromatic carbocycles. The van der Waals surface area contributed by atoms with Crippen LogP contribution in [0.5, 0.6) is 11.5 Å². The largest absolute Gasteiger partial charge is 0.493 e. The number of nitrogens with zero attached hydrogens (tertiary/aromatic N) is 1. The van der Waals surface area contributed by atoms with Crippen molar-refractivity contribution in [2.75, 3.05) is 20.3 Å². The van der Waals surface area contributed by atoms with E-state index in [2.05, 4.69) is 0 Å². The third-order valence-corrected chi connectivity index (χ3v) is 3.90. The van der Waals surface area contributed by atoms with Gasteiger partial charge in [0.15, 0.2) is 18.1 Å². The Balaban J connectivity index is 1.97. The zero-order valence-corrected chi connectivity index (χ0v) is 12.7. The number of carbonyl (C=O) groups excluding carboxylic acids is 1. The minimum Gasteiger partial charge on any atom is -0.493 e. The first-order valence-electron chi connectivity index (χ1n) is 7.44. The summed E-state index contributed by atoms with van der Waals surface area (Å²) in [6.45, 7) is 2.74. The molecule has 1 amide bonds. The Morgan fingerprint density at radius 1 is 1.38 bits per heavy atom. The maximum atomic E-state index is 12.4. The predicted molar refractivity (Wildman–Crippen MR) is 81.5 cm³/mol. The molecule has 0 aromatic heterocycles. The highest BCUT2D eigenvalue weighted by Gasteiger charge is 2.29. The average Bonchev–Trinajstić information content (AvgIpc) is 2.52. The molecule has 1 fully saturated rings. The molecule has 0 saturated carbocycles. The first-order valence-corrected chi connectivity index (χ1v) is 7.44. The quantitative estimate of drug-likeness (QED) is 0.899. The van der Waals surface area contributed by atoms with E-state index >= 15 is 0 Å². The van der Waals surface area contributed by atoms with Crippen LogP contribution in [0.25, 0.3) is 0 Å². The van der Waals surface area contributed by atoms with Gasteiger partial charge in [-0.25, -0.2) is 0 Å². The number of benzene rings is 1. The van der Waals surface area contributed by atoms with Crippen molar-refractivity contribution in [2.45, 2.75) is 38.3 Å². The lowest BCUT2D eigenvalue weighted by Gasteiger charge is -2.38. The number of nitrogens with two attached hydrogens (primary N) is 1. The summed E-state index contributed by atoms with van der Waals surface area (Å²) in [6.07, 6.45) is 3.13. The third kappa shape index (κ3) is 3.88. The van der Waals surface area contributed by atoms with E-state index in [1.165, 1.54) is 0 Å². The number of ether oxygens (including phenoxy) is 2. The van der Waals surface area contributed by atoms with Crippen LogP contribution in [-0.2, 0) is 4.79 Å². The minimum atomic E-state index is -0.0134. The number of hydrogen-bond acceptors (Lipinski definition) is 4. The number of carbonyl (C=O) groups is 1. The topological polar surface area (TPSA) is 64.8 Å². The number of likely N-dealkylation sites (tertiary alicyclic amines) is 1. The molecule has 5 heteroatoms. The van der Waals surface area contributed by atoms with E-state index < -0.39 is 0 Å². The number of rotatable bonds is 5. The number of hydrogen-bond donors (Lipinski definition) is 1. The molecule has 1 heterocycles. The first-order chi connectivity index (χ1) is 10.1. The van der Waals surface area contributed by atoms with Crippen LogP contribution >= 0.6 is 0 Å². The lowest BCUT2D eigenvalue weighted by atomic mass is 9.97. The first kappa shape index (κ1) is 15.6. The summed E-state index contributed by atoms with van der Waals surface area (Å²) >= 11 is 0. The van der Waals surface area contributed by atoms with E-state index in [4.69, 9.17) is 15.2 Å². The molecule has 0 aliphatic carbocycles. The van der Waals surface area contributed by atoms with Gasteiger partial charge in [0, 0.05) is 18.6 Å². The van der Waals surface area contributed by atoms with Gasteiger partial charge in [-0.15, -0.1) is 0 Å². The van der Waals surface area contributed by atoms with E-state index in [1.807, 2.05) is 30.0 Å². The van der Waals surface area contributed by atoms with Gasteiger partial charge in [0.05, 0.1) is 7.11 Å². The lowest BCUT2D eigenvalue weighted by molar-refractivity contribution is -0.137. The molecule has 1 aliphatic heterocycles. The second-order valence-corrected chi connectivity index (χ2v) is 5.45. The molecule has 2 atom stereocenters. The Hall–Kier alpha value is -1.75. The molecule has 0 bridgehead atoms. The molecular weight excluding hydrogens is 268 g/mol. The van der Waals surface area contributed by atoms with Crippen LogP contribution in [0, 0.1) is 0 Å². The van der Waals surface area contributed by atoms with Gasteiger partial charge < -0.3 is 20.1 Å². The molecule has 2 unspecified atom stereocenters. The second-order valence-electron chi connectivity index (χ2n) is 5.45. The Bertz CT molecular complexity index is 476. The van der Waals surface area contributed by atoms with Crippen LogP contribution < -0.4 is 15.2 Å². The standard InChI is InChI=1S/C16H24N2O3/c1-12(17)13-7-5-6-10-18(13)16(19)11-21-15-9-4-3-8-14(15)20-2/h3-4,8-9,12-13H,5-7,10-11,17H2,1-2H3. The van der Waals surface area contributed by atoms with Gasteiger partial charge in [-0.1, -0.05) is 12.1 Å². The molecule has 0 spiro atoms. The van der Waals surface area contributed by atoms with Crippen LogP contribution in [0.15, 0.2) is 24.3 Å². The summed E-state index contributed by atoms with van der Waals surface area (Å²) in [5.74, 6) is 1.21. The Morgan fingerprint density at radius 3 is 2.76 bits per heavy atom. The van der Waals surface area contributed by atoms with Gasteiger partial charge in [0.2, 0.25) is 0 Å². The smallest absolute Gasteiger partial charge is 0.260 e. The van der Waals surface area contributed by atoms with Crippen LogP contribution in [0.3, 0.4) is 0 Å². The predicted octanol–water partition coefficient (Wildman–Crippen LogP) is 1.80. The summed E-state index contributed by atoms with van der Waals surface area (Å²) in [4.78, 5) is 14.3. The maximum Gasteiger partial charge on any atom is 0.260 e. The highest BCUT2D eigenvalue weighted by molar-refractivity contribution is 5.78. The van der Waals surface area contributed by atoms with Gasteiger partial charge in [0.25, 0.3) is 5.91 Å². The van der Waals surface area contributed by atoms with E-state index in [-0.39, 0.29) is 24.6 Å². The van der Waals surface area contributed by atoms with E-state index in [9.17, 15) is 4.79 Å². The van der Waals surface area contributed by atoms with Gasteiger partial charge >= 0.3 is 0 Å². The molecule has 2 rings (SSSR count). The SMILES string of the molecule is COc1ccccc1OCC(=O)N1CCCCC1C(C)N. The average molecular weight is 292 g/mol. The molecular formula is C16H24N2O3. The molecule has 21 heavy (non-hydrogen) atoms. The van der Waals surface area contributed by atoms with Gasteiger partial charge in [-0.3, -0.25) is 4.79 Å². The molecule has 1 aromatic rings. The number of amides is 1. The van der Waals surface area contributed by atoms with Crippen molar-refractivity contribution in [1.82, 2.24) is 4.90 Å². The van der Waals surface area contributed by atoms with Crippen LogP contribution in [0.4, 0.5) is 0 Å². The zero-order valence-electron chi connectivity index (χ0n) is 12.7. The lowest BCUT2D eigenvalue weighted by Crippen LogP contribution is -2.52. The Kier molecular flexibility index (Phi) is 5.44. The fourth-order valence-corrected chi connectivity index (χ4v) is 2.77. The van der Waals surface area contributed by atoms with Crippen molar-refractivity contribution < 1.29 is 14.3 Å². The molecule has 116 valence electrons. The summed E-state index contributed by atoms with van der Waals surface area (Å²) in [7, 11) is 1.58. The van der Waals surface area contributed by atoms with Crippen molar-refractivity contribution in [3.05, 3.63) is 24.3 Å². The summed E-state index contributed by atoms with van der Waals surface area (Å²) in [5, 5.41) is 0. The molecule has 0 radical (unpaired) electrons. The van der Waals surface area contributed by atoms with Crippen LogP contribution in [0.1, 0.15) is 26.2 Å². The summed E-state index contributed by atoms with van der Waals surface area (Å²) < 4.78 is 10.8. The molecule has 1 saturated heterocycles. The van der Waals surface area contributed by atoms with Crippen LogP contribution in [-0.4, -0.2) is 43.2 Å². The number of para-hydroxylation sites is 2. The van der Waals surface area contributed by atoms with E-state index in [0.29, 0.717) is 11.5 Å². The highest BCUT2D eigenvalue weighted by atomic mass is 16.5. The van der Waals surface area contributed by atoms with Crippen molar-refractivity contribution in [1.29, 1.82) is 0 Å². The fourth-order valence-electron chi connectivity index (χ4n) is 2.77.